The van der Waals surface area contributed by atoms with Crippen LogP contribution in [0.25, 0.3) is 10.9 Å². The van der Waals surface area contributed by atoms with E-state index in [-0.39, 0.29) is 5.92 Å². The fourth-order valence-electron chi connectivity index (χ4n) is 3.95. The molecule has 1 aliphatic heterocycles. The van der Waals surface area contributed by atoms with Crippen LogP contribution in [0.15, 0.2) is 84.9 Å². The second kappa shape index (κ2) is 8.17. The minimum atomic E-state index is -0.587. The van der Waals surface area contributed by atoms with E-state index in [1.165, 1.54) is 5.56 Å². The van der Waals surface area contributed by atoms with Crippen LogP contribution in [0.4, 0.5) is 0 Å². The van der Waals surface area contributed by atoms with E-state index >= 15 is 0 Å². The zero-order valence-corrected chi connectivity index (χ0v) is 16.6. The Hall–Kier alpha value is -3.37. The summed E-state index contributed by atoms with van der Waals surface area (Å²) in [5.41, 5.74) is 3.80. The minimum Gasteiger partial charge on any atom is -0.493 e. The monoisotopic (exact) mass is 397 g/mol. The topological polar surface area (TPSA) is 51.6 Å². The summed E-state index contributed by atoms with van der Waals surface area (Å²) in [6.45, 7) is 0.873. The predicted molar refractivity (Wildman–Crippen MR) is 117 cm³/mol. The molecule has 1 N–H and O–H groups in total. The number of nitrogens with zero attached hydrogens (tertiary/aromatic N) is 1. The summed E-state index contributed by atoms with van der Waals surface area (Å²) >= 11 is 0. The molecule has 0 amide bonds. The first kappa shape index (κ1) is 18.6. The number of aliphatic hydroxyl groups excluding tert-OH is 1. The maximum atomic E-state index is 11.0. The summed E-state index contributed by atoms with van der Waals surface area (Å²) in [6, 6.07) is 27.9. The molecule has 1 aliphatic rings. The average molecular weight is 397 g/mol. The van der Waals surface area contributed by atoms with Gasteiger partial charge in [0.1, 0.15) is 18.1 Å². The lowest BCUT2D eigenvalue weighted by Crippen LogP contribution is -2.27. The fraction of sp³-hybridized carbons (Fsp3) is 0.192. The molecule has 0 aliphatic carbocycles. The summed E-state index contributed by atoms with van der Waals surface area (Å²) < 4.78 is 11.9. The molecule has 2 heterocycles. The number of aromatic nitrogens is 1. The largest absolute Gasteiger partial charge is 0.493 e. The van der Waals surface area contributed by atoms with Crippen molar-refractivity contribution >= 4 is 10.9 Å². The Bertz CT molecular complexity index is 1160. The van der Waals surface area contributed by atoms with Gasteiger partial charge in [-0.2, -0.15) is 0 Å². The number of rotatable bonds is 5. The quantitative estimate of drug-likeness (QED) is 0.509. The maximum absolute atomic E-state index is 11.0. The number of aliphatic hydroxyl groups is 1. The maximum Gasteiger partial charge on any atom is 0.130 e. The molecule has 0 bridgehead atoms. The van der Waals surface area contributed by atoms with E-state index in [1.807, 2.05) is 66.7 Å². The Labute approximate surface area is 175 Å². The van der Waals surface area contributed by atoms with Crippen molar-refractivity contribution in [3.05, 3.63) is 102 Å². The lowest BCUT2D eigenvalue weighted by atomic mass is 9.88. The van der Waals surface area contributed by atoms with Crippen molar-refractivity contribution in [3.8, 4) is 11.5 Å². The smallest absolute Gasteiger partial charge is 0.130 e. The van der Waals surface area contributed by atoms with Crippen molar-refractivity contribution in [2.24, 2.45) is 5.92 Å². The number of hydrogen-bond acceptors (Lipinski definition) is 4. The third-order valence-electron chi connectivity index (χ3n) is 5.58. The van der Waals surface area contributed by atoms with Gasteiger partial charge in [0, 0.05) is 16.9 Å². The van der Waals surface area contributed by atoms with Crippen molar-refractivity contribution in [2.75, 3.05) is 6.61 Å². The van der Waals surface area contributed by atoms with Gasteiger partial charge in [0.2, 0.25) is 0 Å². The molecule has 5 rings (SSSR count). The summed E-state index contributed by atoms with van der Waals surface area (Å²) in [6.07, 6.45) is 0.185. The van der Waals surface area contributed by atoms with Gasteiger partial charge in [-0.3, -0.25) is 0 Å². The molecule has 0 spiro atoms. The standard InChI is InChI=1S/C26H23NO3/c28-26-20(14-18-6-2-1-3-7-18)16-30-25-13-12-22(15-23(25)26)29-17-21-11-10-19-8-4-5-9-24(19)27-21/h1-13,15,20,26,28H,14,16-17H2. The lowest BCUT2D eigenvalue weighted by molar-refractivity contribution is 0.0504. The highest BCUT2D eigenvalue weighted by atomic mass is 16.5. The Balaban J connectivity index is 1.30. The van der Waals surface area contributed by atoms with Crippen LogP contribution in [-0.2, 0) is 13.0 Å². The summed E-state index contributed by atoms with van der Waals surface area (Å²) in [7, 11) is 0. The molecule has 0 radical (unpaired) electrons. The van der Waals surface area contributed by atoms with Crippen LogP contribution in [0.2, 0.25) is 0 Å². The number of hydrogen-bond donors (Lipinski definition) is 1. The van der Waals surface area contributed by atoms with E-state index in [0.717, 1.165) is 34.3 Å². The van der Waals surface area contributed by atoms with Gasteiger partial charge < -0.3 is 14.6 Å². The van der Waals surface area contributed by atoms with Crippen LogP contribution in [0, 0.1) is 5.92 Å². The molecule has 30 heavy (non-hydrogen) atoms. The first-order valence-corrected chi connectivity index (χ1v) is 10.2. The third-order valence-corrected chi connectivity index (χ3v) is 5.58. The van der Waals surface area contributed by atoms with Gasteiger partial charge in [0.15, 0.2) is 0 Å². The summed E-state index contributed by atoms with van der Waals surface area (Å²) in [4.78, 5) is 4.65. The Kier molecular flexibility index (Phi) is 5.08. The zero-order chi connectivity index (χ0) is 20.3. The van der Waals surface area contributed by atoms with Gasteiger partial charge in [-0.1, -0.05) is 54.6 Å². The normalized spacial score (nSPS) is 17.9. The van der Waals surface area contributed by atoms with Gasteiger partial charge in [-0.25, -0.2) is 4.98 Å². The molecule has 150 valence electrons. The first-order chi connectivity index (χ1) is 14.8. The van der Waals surface area contributed by atoms with Crippen LogP contribution in [0.5, 0.6) is 11.5 Å². The van der Waals surface area contributed by atoms with Crippen LogP contribution in [0.1, 0.15) is 22.9 Å². The fourth-order valence-corrected chi connectivity index (χ4v) is 3.95. The van der Waals surface area contributed by atoms with Gasteiger partial charge in [0.05, 0.1) is 23.9 Å². The molecular weight excluding hydrogens is 374 g/mol. The molecule has 4 heteroatoms. The predicted octanol–water partition coefficient (Wildman–Crippen LogP) is 5.10. The van der Waals surface area contributed by atoms with Crippen LogP contribution in [0.3, 0.4) is 0 Å². The highest BCUT2D eigenvalue weighted by Gasteiger charge is 2.30. The van der Waals surface area contributed by atoms with E-state index in [9.17, 15) is 5.11 Å². The van der Waals surface area contributed by atoms with Crippen LogP contribution >= 0.6 is 0 Å². The van der Waals surface area contributed by atoms with E-state index in [2.05, 4.69) is 23.2 Å². The molecule has 0 saturated heterocycles. The molecule has 2 atom stereocenters. The number of benzene rings is 3. The second-order valence-electron chi connectivity index (χ2n) is 7.69. The summed E-state index contributed by atoms with van der Waals surface area (Å²) in [5.74, 6) is 1.44. The molecule has 0 fully saturated rings. The molecule has 2 unspecified atom stereocenters. The number of fused-ring (bicyclic) bond motifs is 2. The van der Waals surface area contributed by atoms with Gasteiger partial charge in [0.25, 0.3) is 0 Å². The zero-order valence-electron chi connectivity index (χ0n) is 16.6. The average Bonchev–Trinajstić information content (AvgIpc) is 2.80. The molecule has 4 nitrogen and oxygen atoms in total. The molecule has 0 saturated carbocycles. The molecule has 1 aromatic heterocycles. The van der Waals surface area contributed by atoms with E-state index in [0.29, 0.717) is 19.0 Å². The Morgan fingerprint density at radius 2 is 1.77 bits per heavy atom. The molecule has 3 aromatic carbocycles. The number of pyridine rings is 1. The van der Waals surface area contributed by atoms with Crippen LogP contribution in [-0.4, -0.2) is 16.7 Å². The van der Waals surface area contributed by atoms with Gasteiger partial charge >= 0.3 is 0 Å². The van der Waals surface area contributed by atoms with E-state index < -0.39 is 6.10 Å². The Morgan fingerprint density at radius 3 is 2.67 bits per heavy atom. The number of para-hydroxylation sites is 1. The SMILES string of the molecule is OC1c2cc(OCc3ccc4ccccc4n3)ccc2OCC1Cc1ccccc1. The first-order valence-electron chi connectivity index (χ1n) is 10.2. The highest BCUT2D eigenvalue weighted by molar-refractivity contribution is 5.78. The molecule has 4 aromatic rings. The van der Waals surface area contributed by atoms with Crippen LogP contribution < -0.4 is 9.47 Å². The minimum absolute atomic E-state index is 0.0114. The van der Waals surface area contributed by atoms with E-state index in [1.54, 1.807) is 0 Å². The third kappa shape index (κ3) is 3.87. The highest BCUT2D eigenvalue weighted by Crippen LogP contribution is 2.39. The lowest BCUT2D eigenvalue weighted by Gasteiger charge is -2.30. The van der Waals surface area contributed by atoms with Crippen molar-refractivity contribution in [1.82, 2.24) is 4.98 Å². The second-order valence-corrected chi connectivity index (χ2v) is 7.69. The van der Waals surface area contributed by atoms with Crippen molar-refractivity contribution in [1.29, 1.82) is 0 Å². The summed E-state index contributed by atoms with van der Waals surface area (Å²) in [5, 5.41) is 12.1. The van der Waals surface area contributed by atoms with Crippen molar-refractivity contribution in [3.63, 3.8) is 0 Å². The van der Waals surface area contributed by atoms with Crippen molar-refractivity contribution in [2.45, 2.75) is 19.1 Å². The number of ether oxygens (including phenoxy) is 2. The Morgan fingerprint density at radius 1 is 0.933 bits per heavy atom. The van der Waals surface area contributed by atoms with Gasteiger partial charge in [-0.15, -0.1) is 0 Å². The van der Waals surface area contributed by atoms with Gasteiger partial charge in [-0.05, 0) is 42.3 Å². The van der Waals surface area contributed by atoms with Crippen molar-refractivity contribution < 1.29 is 14.6 Å². The van der Waals surface area contributed by atoms with E-state index in [4.69, 9.17) is 9.47 Å². The molecular formula is C26H23NO3.